The van der Waals surface area contributed by atoms with E-state index in [4.69, 9.17) is 37.4 Å². The van der Waals surface area contributed by atoms with Crippen molar-refractivity contribution in [2.75, 3.05) is 26.6 Å². The molecule has 0 aromatic heterocycles. The maximum Gasteiger partial charge on any atom is 0.266 e. The average molecular weight is 407 g/mol. The molecule has 0 saturated heterocycles. The Bertz CT molecular complexity index is 936. The third kappa shape index (κ3) is 4.85. The van der Waals surface area contributed by atoms with E-state index in [0.29, 0.717) is 38.5 Å². The van der Waals surface area contributed by atoms with E-state index in [9.17, 15) is 10.1 Å². The molecule has 0 bridgehead atoms. The maximum absolute atomic E-state index is 12.4. The van der Waals surface area contributed by atoms with Gasteiger partial charge in [-0.15, -0.1) is 0 Å². The summed E-state index contributed by atoms with van der Waals surface area (Å²) in [6.07, 6.45) is 1.40. The summed E-state index contributed by atoms with van der Waals surface area (Å²) in [5.41, 5.74) is 0.819. The number of amides is 1. The molecule has 0 aliphatic heterocycles. The number of hydrogen-bond donors (Lipinski definition) is 1. The van der Waals surface area contributed by atoms with Gasteiger partial charge in [0, 0.05) is 5.69 Å². The molecule has 27 heavy (non-hydrogen) atoms. The molecule has 1 amide bonds. The zero-order valence-electron chi connectivity index (χ0n) is 14.8. The van der Waals surface area contributed by atoms with Crippen LogP contribution in [0.4, 0.5) is 5.69 Å². The molecule has 6 nitrogen and oxygen atoms in total. The number of carbonyl (C=O) groups excluding carboxylic acids is 1. The molecule has 0 atom stereocenters. The van der Waals surface area contributed by atoms with Gasteiger partial charge in [0.25, 0.3) is 5.91 Å². The lowest BCUT2D eigenvalue weighted by atomic mass is 10.1. The number of benzene rings is 2. The largest absolute Gasteiger partial charge is 0.495 e. The number of nitrogens with zero attached hydrogens (tertiary/aromatic N) is 1. The molecule has 140 valence electrons. The van der Waals surface area contributed by atoms with E-state index in [0.717, 1.165) is 0 Å². The number of hydrogen-bond acceptors (Lipinski definition) is 5. The second-order valence-electron chi connectivity index (χ2n) is 5.21. The predicted octanol–water partition coefficient (Wildman–Crippen LogP) is 4.56. The zero-order chi connectivity index (χ0) is 20.0. The van der Waals surface area contributed by atoms with Gasteiger partial charge in [0.2, 0.25) is 0 Å². The van der Waals surface area contributed by atoms with Crippen LogP contribution in [-0.2, 0) is 4.79 Å². The number of rotatable bonds is 6. The Hall–Kier alpha value is -2.88. The molecular formula is C19H16Cl2N2O4. The van der Waals surface area contributed by atoms with Crippen LogP contribution < -0.4 is 19.5 Å². The Labute approximate surface area is 166 Å². The van der Waals surface area contributed by atoms with Gasteiger partial charge in [-0.25, -0.2) is 0 Å². The number of nitrogens with one attached hydrogen (secondary N) is 1. The smallest absolute Gasteiger partial charge is 0.266 e. The lowest BCUT2D eigenvalue weighted by Gasteiger charge is -2.11. The SMILES string of the molecule is COc1ccc(NC(=O)C(C#N)=Cc2cc(Cl)c(OC)c(OC)c2)cc1Cl. The first-order valence-electron chi connectivity index (χ1n) is 7.61. The summed E-state index contributed by atoms with van der Waals surface area (Å²) in [7, 11) is 4.42. The molecule has 0 heterocycles. The van der Waals surface area contributed by atoms with Gasteiger partial charge in [-0.2, -0.15) is 5.26 Å². The monoisotopic (exact) mass is 406 g/mol. The summed E-state index contributed by atoms with van der Waals surface area (Å²) in [6.45, 7) is 0. The van der Waals surface area contributed by atoms with Gasteiger partial charge in [-0.1, -0.05) is 23.2 Å². The summed E-state index contributed by atoms with van der Waals surface area (Å²) < 4.78 is 15.4. The minimum Gasteiger partial charge on any atom is -0.495 e. The van der Waals surface area contributed by atoms with Crippen LogP contribution in [0.25, 0.3) is 6.08 Å². The van der Waals surface area contributed by atoms with E-state index in [2.05, 4.69) is 5.32 Å². The van der Waals surface area contributed by atoms with E-state index in [1.54, 1.807) is 24.3 Å². The molecular weight excluding hydrogens is 391 g/mol. The molecule has 0 saturated carbocycles. The first-order valence-corrected chi connectivity index (χ1v) is 8.37. The average Bonchev–Trinajstić information content (AvgIpc) is 2.65. The van der Waals surface area contributed by atoms with Crippen molar-refractivity contribution in [3.63, 3.8) is 0 Å². The molecule has 0 fully saturated rings. The van der Waals surface area contributed by atoms with Gasteiger partial charge in [0.05, 0.1) is 31.4 Å². The van der Waals surface area contributed by atoms with Crippen LogP contribution >= 0.6 is 23.2 Å². The van der Waals surface area contributed by atoms with Crippen LogP contribution in [0.3, 0.4) is 0 Å². The summed E-state index contributed by atoms with van der Waals surface area (Å²) in [4.78, 5) is 12.4. The molecule has 2 aromatic rings. The molecule has 2 rings (SSSR count). The highest BCUT2D eigenvalue weighted by Gasteiger charge is 2.14. The van der Waals surface area contributed by atoms with Crippen LogP contribution in [-0.4, -0.2) is 27.2 Å². The Morgan fingerprint density at radius 2 is 1.74 bits per heavy atom. The fourth-order valence-corrected chi connectivity index (χ4v) is 2.83. The van der Waals surface area contributed by atoms with Crippen molar-refractivity contribution in [1.82, 2.24) is 0 Å². The van der Waals surface area contributed by atoms with Crippen LogP contribution in [0.1, 0.15) is 5.56 Å². The molecule has 0 radical (unpaired) electrons. The van der Waals surface area contributed by atoms with Gasteiger partial charge in [0.15, 0.2) is 11.5 Å². The Morgan fingerprint density at radius 1 is 1.04 bits per heavy atom. The van der Waals surface area contributed by atoms with Crippen molar-refractivity contribution < 1.29 is 19.0 Å². The van der Waals surface area contributed by atoms with Crippen molar-refractivity contribution in [3.8, 4) is 23.3 Å². The highest BCUT2D eigenvalue weighted by atomic mass is 35.5. The third-order valence-electron chi connectivity index (χ3n) is 3.54. The van der Waals surface area contributed by atoms with E-state index in [-0.39, 0.29) is 5.57 Å². The van der Waals surface area contributed by atoms with Crippen LogP contribution in [0, 0.1) is 11.3 Å². The van der Waals surface area contributed by atoms with Gasteiger partial charge < -0.3 is 19.5 Å². The topological polar surface area (TPSA) is 80.6 Å². The molecule has 0 aliphatic carbocycles. The Balaban J connectivity index is 2.30. The number of nitriles is 1. The first-order chi connectivity index (χ1) is 12.9. The Kier molecular flexibility index (Phi) is 6.94. The molecule has 0 unspecified atom stereocenters. The standard InChI is InChI=1S/C19H16Cl2N2O4/c1-25-16-5-4-13(9-14(16)20)23-19(24)12(10-22)6-11-7-15(21)18(27-3)17(8-11)26-2/h4-9H,1-3H3,(H,23,24). The first kappa shape index (κ1) is 20.4. The minimum atomic E-state index is -0.593. The van der Waals surface area contributed by atoms with Crippen molar-refractivity contribution in [3.05, 3.63) is 51.5 Å². The number of ether oxygens (including phenoxy) is 3. The molecule has 1 N–H and O–H groups in total. The third-order valence-corrected chi connectivity index (χ3v) is 4.12. The zero-order valence-corrected chi connectivity index (χ0v) is 16.3. The van der Waals surface area contributed by atoms with Crippen molar-refractivity contribution in [1.29, 1.82) is 5.26 Å². The lowest BCUT2D eigenvalue weighted by Crippen LogP contribution is -2.13. The van der Waals surface area contributed by atoms with E-state index in [1.807, 2.05) is 6.07 Å². The van der Waals surface area contributed by atoms with Crippen molar-refractivity contribution >= 4 is 40.9 Å². The Morgan fingerprint density at radius 3 is 2.30 bits per heavy atom. The molecule has 2 aromatic carbocycles. The van der Waals surface area contributed by atoms with Gasteiger partial charge in [-0.3, -0.25) is 4.79 Å². The second-order valence-corrected chi connectivity index (χ2v) is 6.03. The van der Waals surface area contributed by atoms with E-state index >= 15 is 0 Å². The summed E-state index contributed by atoms with van der Waals surface area (Å²) >= 11 is 12.2. The van der Waals surface area contributed by atoms with Crippen LogP contribution in [0.15, 0.2) is 35.9 Å². The molecule has 8 heteroatoms. The minimum absolute atomic E-state index is 0.120. The normalized spacial score (nSPS) is 10.7. The second kappa shape index (κ2) is 9.17. The summed E-state index contributed by atoms with van der Waals surface area (Å²) in [6, 6.07) is 9.80. The fraction of sp³-hybridized carbons (Fsp3) is 0.158. The van der Waals surface area contributed by atoms with Crippen molar-refractivity contribution in [2.45, 2.75) is 0 Å². The molecule has 0 aliphatic rings. The van der Waals surface area contributed by atoms with E-state index < -0.39 is 5.91 Å². The van der Waals surface area contributed by atoms with Gasteiger partial charge in [-0.05, 0) is 42.0 Å². The highest BCUT2D eigenvalue weighted by Crippen LogP contribution is 2.36. The highest BCUT2D eigenvalue weighted by molar-refractivity contribution is 6.33. The number of carbonyl (C=O) groups is 1. The van der Waals surface area contributed by atoms with Gasteiger partial charge in [0.1, 0.15) is 17.4 Å². The fourth-order valence-electron chi connectivity index (χ4n) is 2.28. The quantitative estimate of drug-likeness (QED) is 0.561. The number of anilines is 1. The van der Waals surface area contributed by atoms with Crippen LogP contribution in [0.2, 0.25) is 10.0 Å². The number of methoxy groups -OCH3 is 3. The summed E-state index contributed by atoms with van der Waals surface area (Å²) in [5.74, 6) is 0.637. The summed E-state index contributed by atoms with van der Waals surface area (Å²) in [5, 5.41) is 12.6. The predicted molar refractivity (Wildman–Crippen MR) is 105 cm³/mol. The lowest BCUT2D eigenvalue weighted by molar-refractivity contribution is -0.112. The van der Waals surface area contributed by atoms with E-state index in [1.165, 1.54) is 33.5 Å². The molecule has 0 spiro atoms. The van der Waals surface area contributed by atoms with Crippen LogP contribution in [0.5, 0.6) is 17.2 Å². The van der Waals surface area contributed by atoms with Crippen molar-refractivity contribution in [2.24, 2.45) is 0 Å². The maximum atomic E-state index is 12.4. The number of halogens is 2. The van der Waals surface area contributed by atoms with Gasteiger partial charge >= 0.3 is 0 Å².